The molecule has 1 fully saturated rings. The molecular formula is C19H23N3O3. The zero-order valence-corrected chi connectivity index (χ0v) is 14.5. The van der Waals surface area contributed by atoms with E-state index in [1.807, 2.05) is 0 Å². The van der Waals surface area contributed by atoms with Crippen molar-refractivity contribution in [1.29, 1.82) is 0 Å². The summed E-state index contributed by atoms with van der Waals surface area (Å²) in [5.74, 6) is -0.495. The third kappa shape index (κ3) is 4.14. The number of hydrogen-bond donors (Lipinski definition) is 2. The maximum atomic E-state index is 11.2. The summed E-state index contributed by atoms with van der Waals surface area (Å²) in [4.78, 5) is 19.1. The van der Waals surface area contributed by atoms with Crippen LogP contribution in [0.25, 0.3) is 0 Å². The molecule has 0 bridgehead atoms. The molecule has 25 heavy (non-hydrogen) atoms. The van der Waals surface area contributed by atoms with E-state index in [4.69, 9.17) is 9.84 Å². The molecule has 6 heteroatoms. The molecule has 1 aliphatic rings. The highest BCUT2D eigenvalue weighted by Gasteiger charge is 2.24. The van der Waals surface area contributed by atoms with E-state index in [-0.39, 0.29) is 17.9 Å². The van der Waals surface area contributed by atoms with Gasteiger partial charge in [0.1, 0.15) is 12.1 Å². The fraction of sp³-hybridized carbons (Fsp3) is 0.421. The summed E-state index contributed by atoms with van der Waals surface area (Å²) in [6, 6.07) is 8.44. The molecule has 0 aliphatic carbocycles. The molecule has 132 valence electrons. The summed E-state index contributed by atoms with van der Waals surface area (Å²) in [6.07, 6.45) is 4.56. The Labute approximate surface area is 147 Å². The second-order valence-corrected chi connectivity index (χ2v) is 6.47. The minimum atomic E-state index is -1.05. The topological polar surface area (TPSA) is 84.3 Å². The molecule has 3 rings (SSSR count). The quantitative estimate of drug-likeness (QED) is 0.866. The van der Waals surface area contributed by atoms with E-state index in [1.165, 1.54) is 17.5 Å². The number of hydrogen-bond acceptors (Lipinski definition) is 5. The van der Waals surface area contributed by atoms with Crippen LogP contribution in [0.2, 0.25) is 0 Å². The lowest BCUT2D eigenvalue weighted by atomic mass is 9.97. The maximum absolute atomic E-state index is 11.2. The van der Waals surface area contributed by atoms with Crippen LogP contribution in [0.15, 0.2) is 30.6 Å². The molecule has 0 amide bonds. The predicted molar refractivity (Wildman–Crippen MR) is 94.9 cm³/mol. The van der Waals surface area contributed by atoms with E-state index in [1.54, 1.807) is 6.92 Å². The van der Waals surface area contributed by atoms with Crippen molar-refractivity contribution in [2.24, 2.45) is 0 Å². The van der Waals surface area contributed by atoms with Crippen LogP contribution in [0.4, 0.5) is 5.82 Å². The average Bonchev–Trinajstić information content (AvgIpc) is 2.61. The molecule has 2 heterocycles. The van der Waals surface area contributed by atoms with E-state index >= 15 is 0 Å². The smallest absolute Gasteiger partial charge is 0.354 e. The van der Waals surface area contributed by atoms with Crippen molar-refractivity contribution in [3.63, 3.8) is 0 Å². The number of carbonyl (C=O) groups is 1. The molecule has 1 aromatic heterocycles. The average molecular weight is 341 g/mol. The predicted octanol–water partition coefficient (Wildman–Crippen LogP) is 3.51. The molecule has 1 aliphatic heterocycles. The zero-order chi connectivity index (χ0) is 17.8. The van der Waals surface area contributed by atoms with E-state index in [0.29, 0.717) is 17.9 Å². The highest BCUT2D eigenvalue weighted by Crippen LogP contribution is 2.31. The lowest BCUT2D eigenvalue weighted by Gasteiger charge is -2.31. The van der Waals surface area contributed by atoms with Gasteiger partial charge in [0, 0.05) is 12.1 Å². The number of benzene rings is 1. The van der Waals surface area contributed by atoms with Gasteiger partial charge in [-0.15, -0.1) is 0 Å². The van der Waals surface area contributed by atoms with Gasteiger partial charge in [-0.3, -0.25) is 0 Å². The fourth-order valence-corrected chi connectivity index (χ4v) is 3.22. The van der Waals surface area contributed by atoms with Crippen LogP contribution in [-0.2, 0) is 4.74 Å². The summed E-state index contributed by atoms with van der Waals surface area (Å²) < 4.78 is 6.24. The Kier molecular flexibility index (Phi) is 5.28. The van der Waals surface area contributed by atoms with E-state index < -0.39 is 5.97 Å². The molecule has 2 unspecified atom stereocenters. The molecule has 2 N–H and O–H groups in total. The monoisotopic (exact) mass is 341 g/mol. The Bertz CT molecular complexity index is 763. The van der Waals surface area contributed by atoms with Gasteiger partial charge < -0.3 is 15.2 Å². The first-order valence-corrected chi connectivity index (χ1v) is 8.55. The normalized spacial score (nSPS) is 20.2. The lowest BCUT2D eigenvalue weighted by molar-refractivity contribution is -0.0442. The zero-order valence-electron chi connectivity index (χ0n) is 14.5. The van der Waals surface area contributed by atoms with Crippen molar-refractivity contribution in [3.8, 4) is 0 Å². The number of anilines is 1. The number of aryl methyl sites for hydroxylation is 1. The van der Waals surface area contributed by atoms with Gasteiger partial charge in [-0.05, 0) is 38.7 Å². The number of nitrogens with zero attached hydrogens (tertiary/aromatic N) is 2. The third-order valence-electron chi connectivity index (χ3n) is 4.55. The van der Waals surface area contributed by atoms with Gasteiger partial charge in [-0.1, -0.05) is 29.8 Å². The van der Waals surface area contributed by atoms with E-state index in [2.05, 4.69) is 46.5 Å². The highest BCUT2D eigenvalue weighted by atomic mass is 16.5. The van der Waals surface area contributed by atoms with E-state index in [9.17, 15) is 4.79 Å². The fourth-order valence-electron chi connectivity index (χ4n) is 3.22. The number of rotatable bonds is 5. The summed E-state index contributed by atoms with van der Waals surface area (Å²) in [5.41, 5.74) is 3.02. The Morgan fingerprint density at radius 3 is 2.92 bits per heavy atom. The molecule has 0 radical (unpaired) electrons. The van der Waals surface area contributed by atoms with Crippen molar-refractivity contribution in [2.45, 2.75) is 45.3 Å². The van der Waals surface area contributed by atoms with Gasteiger partial charge >= 0.3 is 5.97 Å². The minimum absolute atomic E-state index is 0.0275. The molecule has 6 nitrogen and oxygen atoms in total. The number of carboxylic acids is 1. The molecule has 0 spiro atoms. The Hall–Kier alpha value is -2.47. The molecule has 1 aromatic carbocycles. The molecule has 2 atom stereocenters. The molecule has 1 saturated heterocycles. The van der Waals surface area contributed by atoms with Crippen LogP contribution >= 0.6 is 0 Å². The molecule has 0 saturated carbocycles. The standard InChI is InChI=1S/C19H23N3O3/c1-12-5-3-6-14(9-12)16-8-4-7-15(25-16)10-20-18-13(2)17(19(23)24)21-11-22-18/h3,5-6,9,11,15-16H,4,7-8,10H2,1-2H3,(H,23,24)(H,20,21,22). The first kappa shape index (κ1) is 17.4. The number of carboxylic acid groups (broad SMARTS) is 1. The van der Waals surface area contributed by atoms with Crippen LogP contribution in [0.5, 0.6) is 0 Å². The maximum Gasteiger partial charge on any atom is 0.354 e. The van der Waals surface area contributed by atoms with Crippen molar-refractivity contribution in [2.75, 3.05) is 11.9 Å². The van der Waals surface area contributed by atoms with Crippen molar-refractivity contribution in [1.82, 2.24) is 9.97 Å². The molecule has 2 aromatic rings. The summed E-state index contributed by atoms with van der Waals surface area (Å²) in [7, 11) is 0. The Morgan fingerprint density at radius 2 is 2.16 bits per heavy atom. The Morgan fingerprint density at radius 1 is 1.32 bits per heavy atom. The number of aromatic carboxylic acids is 1. The van der Waals surface area contributed by atoms with Gasteiger partial charge in [0.2, 0.25) is 0 Å². The van der Waals surface area contributed by atoms with Gasteiger partial charge in [0.25, 0.3) is 0 Å². The van der Waals surface area contributed by atoms with Crippen LogP contribution in [-0.4, -0.2) is 33.7 Å². The number of nitrogens with one attached hydrogen (secondary N) is 1. The van der Waals surface area contributed by atoms with Crippen LogP contribution in [0, 0.1) is 13.8 Å². The summed E-state index contributed by atoms with van der Waals surface area (Å²) >= 11 is 0. The van der Waals surface area contributed by atoms with Crippen LogP contribution < -0.4 is 5.32 Å². The first-order chi connectivity index (χ1) is 12.0. The summed E-state index contributed by atoms with van der Waals surface area (Å²) in [6.45, 7) is 4.39. The van der Waals surface area contributed by atoms with Crippen LogP contribution in [0.1, 0.15) is 52.5 Å². The largest absolute Gasteiger partial charge is 0.476 e. The van der Waals surface area contributed by atoms with Gasteiger partial charge in [-0.25, -0.2) is 14.8 Å². The van der Waals surface area contributed by atoms with E-state index in [0.717, 1.165) is 19.3 Å². The number of aromatic nitrogens is 2. The number of ether oxygens (including phenoxy) is 1. The Balaban J connectivity index is 1.64. The van der Waals surface area contributed by atoms with Crippen LogP contribution in [0.3, 0.4) is 0 Å². The van der Waals surface area contributed by atoms with Crippen molar-refractivity contribution < 1.29 is 14.6 Å². The molecular weight excluding hydrogens is 318 g/mol. The SMILES string of the molecule is Cc1cccc(C2CCCC(CNc3ncnc(C(=O)O)c3C)O2)c1. The highest BCUT2D eigenvalue weighted by molar-refractivity contribution is 5.88. The second kappa shape index (κ2) is 7.61. The van der Waals surface area contributed by atoms with Gasteiger partial charge in [-0.2, -0.15) is 0 Å². The minimum Gasteiger partial charge on any atom is -0.476 e. The van der Waals surface area contributed by atoms with Gasteiger partial charge in [0.05, 0.1) is 12.2 Å². The van der Waals surface area contributed by atoms with Gasteiger partial charge in [0.15, 0.2) is 5.69 Å². The van der Waals surface area contributed by atoms with Crippen molar-refractivity contribution in [3.05, 3.63) is 53.0 Å². The van der Waals surface area contributed by atoms with Crippen molar-refractivity contribution >= 4 is 11.8 Å². The second-order valence-electron chi connectivity index (χ2n) is 6.47. The summed E-state index contributed by atoms with van der Waals surface area (Å²) in [5, 5.41) is 12.4. The lowest BCUT2D eigenvalue weighted by Crippen LogP contribution is -2.29. The first-order valence-electron chi connectivity index (χ1n) is 8.55. The third-order valence-corrected chi connectivity index (χ3v) is 4.55.